The number of aromatic nitrogens is 4. The fourth-order valence-corrected chi connectivity index (χ4v) is 3.31. The van der Waals surface area contributed by atoms with Crippen molar-refractivity contribution in [3.63, 3.8) is 0 Å². The minimum Gasteiger partial charge on any atom is -0.420 e. The molecule has 0 radical (unpaired) electrons. The number of nitrogens with zero attached hydrogens (tertiary/aromatic N) is 4. The van der Waals surface area contributed by atoms with E-state index < -0.39 is 0 Å². The van der Waals surface area contributed by atoms with Crippen LogP contribution in [0.3, 0.4) is 0 Å². The van der Waals surface area contributed by atoms with Gasteiger partial charge >= 0.3 is 0 Å². The molecule has 0 unspecified atom stereocenters. The lowest BCUT2D eigenvalue weighted by Gasteiger charge is -2.03. The average molecular weight is 296 g/mol. The second-order valence-electron chi connectivity index (χ2n) is 6.35. The molecule has 0 bridgehead atoms. The van der Waals surface area contributed by atoms with Crippen LogP contribution >= 0.6 is 0 Å². The molecule has 5 rings (SSSR count). The molecule has 6 nitrogen and oxygen atoms in total. The van der Waals surface area contributed by atoms with Gasteiger partial charge in [0.25, 0.3) is 5.71 Å². The quantitative estimate of drug-likeness (QED) is 0.731. The zero-order valence-electron chi connectivity index (χ0n) is 12.2. The van der Waals surface area contributed by atoms with Crippen molar-refractivity contribution >= 4 is 11.1 Å². The van der Waals surface area contributed by atoms with Crippen molar-refractivity contribution in [2.45, 2.75) is 50.4 Å². The SMILES string of the molecule is c1nc2onc(C3CCCC3)c2cc1-c1nnc(C2CC2)o1. The van der Waals surface area contributed by atoms with Gasteiger partial charge in [0.05, 0.1) is 16.6 Å². The third kappa shape index (κ3) is 1.94. The molecule has 2 saturated carbocycles. The monoisotopic (exact) mass is 296 g/mol. The van der Waals surface area contributed by atoms with Crippen LogP contribution in [0.1, 0.15) is 61.9 Å². The molecule has 2 aliphatic rings. The summed E-state index contributed by atoms with van der Waals surface area (Å²) in [6.45, 7) is 0. The van der Waals surface area contributed by atoms with Crippen molar-refractivity contribution in [1.82, 2.24) is 20.3 Å². The number of fused-ring (bicyclic) bond motifs is 1. The Morgan fingerprint density at radius 2 is 1.86 bits per heavy atom. The van der Waals surface area contributed by atoms with Gasteiger partial charge in [-0.3, -0.25) is 0 Å². The van der Waals surface area contributed by atoms with Gasteiger partial charge in [-0.15, -0.1) is 10.2 Å². The molecule has 22 heavy (non-hydrogen) atoms. The van der Waals surface area contributed by atoms with E-state index in [9.17, 15) is 0 Å². The molecule has 2 fully saturated rings. The lowest BCUT2D eigenvalue weighted by molar-refractivity contribution is 0.430. The first-order valence-electron chi connectivity index (χ1n) is 7.97. The Bertz CT molecular complexity index is 828. The van der Waals surface area contributed by atoms with Crippen molar-refractivity contribution in [3.8, 4) is 11.5 Å². The third-order valence-corrected chi connectivity index (χ3v) is 4.71. The summed E-state index contributed by atoms with van der Waals surface area (Å²) < 4.78 is 11.1. The van der Waals surface area contributed by atoms with Crippen LogP contribution in [-0.4, -0.2) is 20.3 Å². The molecule has 0 atom stereocenters. The number of hydrogen-bond acceptors (Lipinski definition) is 6. The zero-order chi connectivity index (χ0) is 14.5. The van der Waals surface area contributed by atoms with Gasteiger partial charge in [0, 0.05) is 18.0 Å². The molecule has 2 aliphatic carbocycles. The standard InChI is InChI=1S/C16H16N4O2/c1-2-4-9(3-1)13-12-7-11(8-17-16(12)22-20-13)15-19-18-14(21-15)10-5-6-10/h7-10H,1-6H2. The Hall–Kier alpha value is -2.24. The maximum absolute atomic E-state index is 5.77. The van der Waals surface area contributed by atoms with Crippen LogP contribution in [0.5, 0.6) is 0 Å². The molecule has 0 saturated heterocycles. The third-order valence-electron chi connectivity index (χ3n) is 4.71. The van der Waals surface area contributed by atoms with E-state index in [1.807, 2.05) is 6.07 Å². The van der Waals surface area contributed by atoms with Crippen LogP contribution in [-0.2, 0) is 0 Å². The molecule has 0 N–H and O–H groups in total. The van der Waals surface area contributed by atoms with Crippen LogP contribution in [0, 0.1) is 0 Å². The van der Waals surface area contributed by atoms with Crippen LogP contribution in [0.25, 0.3) is 22.6 Å². The number of rotatable bonds is 3. The fourth-order valence-electron chi connectivity index (χ4n) is 3.31. The van der Waals surface area contributed by atoms with Crippen LogP contribution in [0.2, 0.25) is 0 Å². The Labute approximate surface area is 126 Å². The minimum atomic E-state index is 0.461. The first kappa shape index (κ1) is 12.3. The zero-order valence-corrected chi connectivity index (χ0v) is 12.2. The van der Waals surface area contributed by atoms with Gasteiger partial charge in [0.1, 0.15) is 0 Å². The Morgan fingerprint density at radius 1 is 1.00 bits per heavy atom. The van der Waals surface area contributed by atoms with E-state index in [1.54, 1.807) is 6.20 Å². The minimum absolute atomic E-state index is 0.461. The summed E-state index contributed by atoms with van der Waals surface area (Å²) in [6, 6.07) is 2.02. The molecule has 6 heteroatoms. The highest BCUT2D eigenvalue weighted by Crippen LogP contribution is 2.40. The molecule has 0 amide bonds. The van der Waals surface area contributed by atoms with Gasteiger partial charge in [-0.25, -0.2) is 4.98 Å². The Kier molecular flexibility index (Phi) is 2.59. The van der Waals surface area contributed by atoms with Gasteiger partial charge in [-0.1, -0.05) is 18.0 Å². The van der Waals surface area contributed by atoms with Crippen molar-refractivity contribution in [2.75, 3.05) is 0 Å². The summed E-state index contributed by atoms with van der Waals surface area (Å²) in [5, 5.41) is 13.5. The lowest BCUT2D eigenvalue weighted by Crippen LogP contribution is -1.93. The highest BCUT2D eigenvalue weighted by atomic mass is 16.5. The van der Waals surface area contributed by atoms with Crippen molar-refractivity contribution in [1.29, 1.82) is 0 Å². The molecule has 0 aliphatic heterocycles. The smallest absolute Gasteiger partial charge is 0.257 e. The normalized spacial score (nSPS) is 19.3. The van der Waals surface area contributed by atoms with E-state index in [1.165, 1.54) is 25.7 Å². The molecular formula is C16H16N4O2. The lowest BCUT2D eigenvalue weighted by atomic mass is 10.0. The maximum atomic E-state index is 5.77. The first-order valence-corrected chi connectivity index (χ1v) is 7.97. The van der Waals surface area contributed by atoms with E-state index in [-0.39, 0.29) is 0 Å². The fraction of sp³-hybridized carbons (Fsp3) is 0.500. The van der Waals surface area contributed by atoms with Crippen molar-refractivity contribution in [2.24, 2.45) is 0 Å². The predicted molar refractivity (Wildman–Crippen MR) is 78.3 cm³/mol. The summed E-state index contributed by atoms with van der Waals surface area (Å²) >= 11 is 0. The van der Waals surface area contributed by atoms with Gasteiger partial charge in [0.15, 0.2) is 0 Å². The maximum Gasteiger partial charge on any atom is 0.257 e. The van der Waals surface area contributed by atoms with Crippen LogP contribution in [0.4, 0.5) is 0 Å². The molecule has 3 aromatic heterocycles. The first-order chi connectivity index (χ1) is 10.9. The number of hydrogen-bond donors (Lipinski definition) is 0. The molecular weight excluding hydrogens is 280 g/mol. The highest BCUT2D eigenvalue weighted by Gasteiger charge is 2.30. The second kappa shape index (κ2) is 4.63. The van der Waals surface area contributed by atoms with Gasteiger partial charge in [-0.05, 0) is 31.7 Å². The van der Waals surface area contributed by atoms with Gasteiger partial charge in [0.2, 0.25) is 11.8 Å². The van der Waals surface area contributed by atoms with Gasteiger partial charge < -0.3 is 8.94 Å². The molecule has 3 aromatic rings. The van der Waals surface area contributed by atoms with E-state index in [0.29, 0.717) is 23.4 Å². The van der Waals surface area contributed by atoms with E-state index in [0.717, 1.165) is 35.4 Å². The van der Waals surface area contributed by atoms with Gasteiger partial charge in [-0.2, -0.15) is 0 Å². The van der Waals surface area contributed by atoms with Crippen LogP contribution in [0.15, 0.2) is 21.2 Å². The Balaban J connectivity index is 1.57. The second-order valence-corrected chi connectivity index (χ2v) is 6.35. The van der Waals surface area contributed by atoms with Crippen molar-refractivity contribution in [3.05, 3.63) is 23.8 Å². The largest absolute Gasteiger partial charge is 0.420 e. The van der Waals surface area contributed by atoms with Crippen molar-refractivity contribution < 1.29 is 8.94 Å². The summed E-state index contributed by atoms with van der Waals surface area (Å²) in [7, 11) is 0. The average Bonchev–Trinajstić information content (AvgIpc) is 3.00. The number of pyridine rings is 1. The summed E-state index contributed by atoms with van der Waals surface area (Å²) in [5.41, 5.74) is 2.46. The summed E-state index contributed by atoms with van der Waals surface area (Å²) in [5.74, 6) is 2.23. The molecule has 0 aromatic carbocycles. The molecule has 3 heterocycles. The predicted octanol–water partition coefficient (Wildman–Crippen LogP) is 3.81. The molecule has 112 valence electrons. The summed E-state index contributed by atoms with van der Waals surface area (Å²) in [6.07, 6.45) is 8.90. The summed E-state index contributed by atoms with van der Waals surface area (Å²) in [4.78, 5) is 4.36. The van der Waals surface area contributed by atoms with E-state index in [2.05, 4.69) is 20.3 Å². The molecule has 0 spiro atoms. The van der Waals surface area contributed by atoms with E-state index in [4.69, 9.17) is 8.94 Å². The highest BCUT2D eigenvalue weighted by molar-refractivity contribution is 5.80. The van der Waals surface area contributed by atoms with E-state index >= 15 is 0 Å². The van der Waals surface area contributed by atoms with Crippen LogP contribution < -0.4 is 0 Å². The Morgan fingerprint density at radius 3 is 2.68 bits per heavy atom. The topological polar surface area (TPSA) is 77.8 Å².